The number of rotatable bonds is 23. The van der Waals surface area contributed by atoms with Crippen molar-refractivity contribution in [2.24, 2.45) is 0 Å². The van der Waals surface area contributed by atoms with E-state index in [9.17, 15) is 0 Å². The third kappa shape index (κ3) is 11.4. The Hall–Kier alpha value is -4.32. The molecule has 6 heteroatoms. The van der Waals surface area contributed by atoms with Crippen LogP contribution < -0.4 is 28.4 Å². The van der Waals surface area contributed by atoms with E-state index in [1.54, 1.807) is 0 Å². The molecule has 0 heterocycles. The SMILES string of the molecule is CCCOc1cc(OCCC)cc(C(Cc2cc(OCCC)cc(-c3ccccc3)c2OCCC)c2cc(OCCC)cc(OCCC)c2)c1. The third-order valence-corrected chi connectivity index (χ3v) is 8.07. The summed E-state index contributed by atoms with van der Waals surface area (Å²) in [6, 6.07) is 27.4. The summed E-state index contributed by atoms with van der Waals surface area (Å²) in [5.74, 6) is 4.80. The summed E-state index contributed by atoms with van der Waals surface area (Å²) in [5.41, 5.74) is 5.36. The van der Waals surface area contributed by atoms with Crippen LogP contribution in [-0.4, -0.2) is 39.6 Å². The molecule has 0 atom stereocenters. The van der Waals surface area contributed by atoms with Crippen molar-refractivity contribution in [1.29, 1.82) is 0 Å². The van der Waals surface area contributed by atoms with Crippen LogP contribution in [-0.2, 0) is 6.42 Å². The highest BCUT2D eigenvalue weighted by Gasteiger charge is 2.24. The second-order valence-electron chi connectivity index (χ2n) is 12.6. The minimum Gasteiger partial charge on any atom is -0.494 e. The lowest BCUT2D eigenvalue weighted by Crippen LogP contribution is -2.11. The Morgan fingerprint density at radius 3 is 1.20 bits per heavy atom. The first-order valence-corrected chi connectivity index (χ1v) is 18.8. The Kier molecular flexibility index (Phi) is 16.2. The molecule has 0 aliphatic rings. The molecule has 4 aromatic rings. The average molecular weight is 683 g/mol. The van der Waals surface area contributed by atoms with Crippen LogP contribution in [0.15, 0.2) is 78.9 Å². The molecule has 0 aromatic heterocycles. The highest BCUT2D eigenvalue weighted by atomic mass is 16.5. The first-order chi connectivity index (χ1) is 24.5. The lowest BCUT2D eigenvalue weighted by atomic mass is 9.84. The normalized spacial score (nSPS) is 11.0. The monoisotopic (exact) mass is 682 g/mol. The highest BCUT2D eigenvalue weighted by molar-refractivity contribution is 5.74. The molecule has 0 aliphatic carbocycles. The van der Waals surface area contributed by atoms with Crippen molar-refractivity contribution >= 4 is 0 Å². The van der Waals surface area contributed by atoms with Gasteiger partial charge in [-0.3, -0.25) is 0 Å². The minimum absolute atomic E-state index is 0.118. The fourth-order valence-electron chi connectivity index (χ4n) is 5.77. The van der Waals surface area contributed by atoms with E-state index in [1.165, 1.54) is 0 Å². The predicted molar refractivity (Wildman–Crippen MR) is 205 cm³/mol. The van der Waals surface area contributed by atoms with Crippen LogP contribution in [0, 0.1) is 0 Å². The zero-order valence-corrected chi connectivity index (χ0v) is 31.2. The van der Waals surface area contributed by atoms with Crippen LogP contribution in [0.25, 0.3) is 11.1 Å². The van der Waals surface area contributed by atoms with Crippen molar-refractivity contribution in [2.75, 3.05) is 39.6 Å². The van der Waals surface area contributed by atoms with Crippen molar-refractivity contribution in [3.05, 3.63) is 95.6 Å². The van der Waals surface area contributed by atoms with Gasteiger partial charge in [-0.15, -0.1) is 0 Å². The smallest absolute Gasteiger partial charge is 0.130 e. The summed E-state index contributed by atoms with van der Waals surface area (Å²) in [7, 11) is 0. The van der Waals surface area contributed by atoms with Gasteiger partial charge in [0, 0.05) is 23.6 Å². The molecular weight excluding hydrogens is 624 g/mol. The Balaban J connectivity index is 1.98. The van der Waals surface area contributed by atoms with E-state index < -0.39 is 0 Å². The second-order valence-corrected chi connectivity index (χ2v) is 12.6. The molecule has 0 saturated heterocycles. The van der Waals surface area contributed by atoms with Crippen LogP contribution in [0.2, 0.25) is 0 Å². The quantitative estimate of drug-likeness (QED) is 0.0776. The molecule has 0 unspecified atom stereocenters. The van der Waals surface area contributed by atoms with Crippen LogP contribution in [0.3, 0.4) is 0 Å². The molecule has 50 heavy (non-hydrogen) atoms. The van der Waals surface area contributed by atoms with Crippen molar-refractivity contribution in [2.45, 2.75) is 92.4 Å². The van der Waals surface area contributed by atoms with Crippen molar-refractivity contribution < 1.29 is 28.4 Å². The lowest BCUT2D eigenvalue weighted by molar-refractivity contribution is 0.300. The zero-order chi connectivity index (χ0) is 35.6. The van der Waals surface area contributed by atoms with Crippen molar-refractivity contribution in [3.8, 4) is 45.6 Å². The van der Waals surface area contributed by atoms with Gasteiger partial charge in [0.15, 0.2) is 0 Å². The van der Waals surface area contributed by atoms with Gasteiger partial charge in [0.05, 0.1) is 39.6 Å². The topological polar surface area (TPSA) is 55.4 Å². The molecule has 0 fully saturated rings. The molecule has 0 N–H and O–H groups in total. The number of benzene rings is 4. The van der Waals surface area contributed by atoms with Gasteiger partial charge in [0.25, 0.3) is 0 Å². The molecular formula is C44H58O6. The summed E-state index contributed by atoms with van der Waals surface area (Å²) in [6.07, 6.45) is 6.11. The number of ether oxygens (including phenoxy) is 6. The predicted octanol–water partition coefficient (Wildman–Crippen LogP) is 11.5. The van der Waals surface area contributed by atoms with Crippen molar-refractivity contribution in [3.63, 3.8) is 0 Å². The summed E-state index contributed by atoms with van der Waals surface area (Å²) in [5, 5.41) is 0. The largest absolute Gasteiger partial charge is 0.494 e. The van der Waals surface area contributed by atoms with Gasteiger partial charge in [-0.1, -0.05) is 71.9 Å². The Morgan fingerprint density at radius 1 is 0.420 bits per heavy atom. The van der Waals surface area contributed by atoms with E-state index >= 15 is 0 Å². The maximum atomic E-state index is 6.66. The number of hydrogen-bond donors (Lipinski definition) is 0. The van der Waals surface area contributed by atoms with Crippen LogP contribution in [0.5, 0.6) is 34.5 Å². The fourth-order valence-corrected chi connectivity index (χ4v) is 5.77. The van der Waals surface area contributed by atoms with Gasteiger partial charge >= 0.3 is 0 Å². The van der Waals surface area contributed by atoms with Crippen LogP contribution in [0.1, 0.15) is 103 Å². The highest BCUT2D eigenvalue weighted by Crippen LogP contribution is 2.43. The molecule has 0 amide bonds. The van der Waals surface area contributed by atoms with Crippen LogP contribution in [0.4, 0.5) is 0 Å². The summed E-state index contributed by atoms with van der Waals surface area (Å²) in [4.78, 5) is 0. The molecule has 0 saturated carbocycles. The van der Waals surface area contributed by atoms with E-state index in [-0.39, 0.29) is 5.92 Å². The van der Waals surface area contributed by atoms with Crippen LogP contribution >= 0.6 is 0 Å². The molecule has 270 valence electrons. The van der Waals surface area contributed by atoms with Gasteiger partial charge in [0.1, 0.15) is 34.5 Å². The van der Waals surface area contributed by atoms with E-state index in [2.05, 4.69) is 102 Å². The molecule has 4 rings (SSSR count). The molecule has 0 aliphatic heterocycles. The Bertz CT molecular complexity index is 1450. The summed E-state index contributed by atoms with van der Waals surface area (Å²) in [6.45, 7) is 16.5. The zero-order valence-electron chi connectivity index (χ0n) is 31.2. The van der Waals surface area contributed by atoms with Crippen molar-refractivity contribution in [1.82, 2.24) is 0 Å². The number of hydrogen-bond acceptors (Lipinski definition) is 6. The third-order valence-electron chi connectivity index (χ3n) is 8.07. The van der Waals surface area contributed by atoms with E-state index in [0.29, 0.717) is 46.1 Å². The molecule has 0 radical (unpaired) electrons. The Labute approximate surface area is 301 Å². The maximum Gasteiger partial charge on any atom is 0.130 e. The Morgan fingerprint density at radius 2 is 0.800 bits per heavy atom. The van der Waals surface area contributed by atoms with E-state index in [0.717, 1.165) is 101 Å². The summed E-state index contributed by atoms with van der Waals surface area (Å²) < 4.78 is 38.0. The fraction of sp³-hybridized carbons (Fsp3) is 0.455. The molecule has 4 aromatic carbocycles. The molecule has 0 bridgehead atoms. The molecule has 0 spiro atoms. The second kappa shape index (κ2) is 21.0. The summed E-state index contributed by atoms with van der Waals surface area (Å²) >= 11 is 0. The van der Waals surface area contributed by atoms with E-state index in [4.69, 9.17) is 28.4 Å². The van der Waals surface area contributed by atoms with E-state index in [1.807, 2.05) is 18.2 Å². The first kappa shape index (κ1) is 38.5. The first-order valence-electron chi connectivity index (χ1n) is 18.8. The lowest BCUT2D eigenvalue weighted by Gasteiger charge is -2.25. The van der Waals surface area contributed by atoms with Gasteiger partial charge in [-0.25, -0.2) is 0 Å². The van der Waals surface area contributed by atoms with Gasteiger partial charge in [-0.05, 0) is 104 Å². The van der Waals surface area contributed by atoms with Gasteiger partial charge < -0.3 is 28.4 Å². The standard InChI is InChI=1S/C44H58O6/c1-7-18-45-37-24-34(25-38(30-37)46-19-8-2)42(35-26-39(47-20-9-3)31-40(27-35)48-21-10-4)29-36-28-41(49-22-11-5)32-43(44(36)50-23-12-6)33-16-14-13-15-17-33/h13-17,24-28,30-32,42H,7-12,18-23,29H2,1-6H3. The minimum atomic E-state index is -0.118. The maximum absolute atomic E-state index is 6.66. The average Bonchev–Trinajstić information content (AvgIpc) is 3.15. The molecule has 6 nitrogen and oxygen atoms in total. The van der Waals surface area contributed by atoms with Gasteiger partial charge in [0.2, 0.25) is 0 Å². The van der Waals surface area contributed by atoms with Gasteiger partial charge in [-0.2, -0.15) is 0 Å².